The molecule has 0 aromatic heterocycles. The van der Waals surface area contributed by atoms with E-state index in [0.717, 1.165) is 16.8 Å². The van der Waals surface area contributed by atoms with E-state index in [2.05, 4.69) is 5.32 Å². The van der Waals surface area contributed by atoms with Gasteiger partial charge in [-0.25, -0.2) is 0 Å². The predicted molar refractivity (Wildman–Crippen MR) is 86.4 cm³/mol. The number of para-hydroxylation sites is 1. The molecule has 0 saturated carbocycles. The molecular formula is C18H19NO3. The van der Waals surface area contributed by atoms with Crippen LogP contribution in [-0.4, -0.2) is 17.0 Å². The third kappa shape index (κ3) is 3.34. The molecule has 0 unspecified atom stereocenters. The molecule has 2 aromatic rings. The summed E-state index contributed by atoms with van der Waals surface area (Å²) in [6.45, 7) is 5.47. The van der Waals surface area contributed by atoms with Gasteiger partial charge in [-0.3, -0.25) is 9.59 Å². The summed E-state index contributed by atoms with van der Waals surface area (Å²) in [5.41, 5.74) is 3.84. The highest BCUT2D eigenvalue weighted by Gasteiger charge is 2.16. The number of rotatable bonds is 4. The van der Waals surface area contributed by atoms with Gasteiger partial charge in [0.1, 0.15) is 0 Å². The number of carboxylic acid groups (broad SMARTS) is 1. The molecule has 2 aromatic carbocycles. The number of carbonyl (C=O) groups excluding carboxylic acids is 1. The van der Waals surface area contributed by atoms with E-state index >= 15 is 0 Å². The SMILES string of the molecule is Cc1cccc(C)c1NC(=O)c1cccc([C@@H](C)C(=O)O)c1. The number of carboxylic acids is 1. The van der Waals surface area contributed by atoms with Crippen LogP contribution in [0.3, 0.4) is 0 Å². The zero-order valence-electron chi connectivity index (χ0n) is 12.9. The molecule has 0 spiro atoms. The second-order valence-electron chi connectivity index (χ2n) is 5.41. The van der Waals surface area contributed by atoms with E-state index in [0.29, 0.717) is 11.1 Å². The van der Waals surface area contributed by atoms with Gasteiger partial charge in [0.2, 0.25) is 0 Å². The van der Waals surface area contributed by atoms with Crippen molar-refractivity contribution < 1.29 is 14.7 Å². The summed E-state index contributed by atoms with van der Waals surface area (Å²) in [4.78, 5) is 23.5. The minimum absolute atomic E-state index is 0.239. The monoisotopic (exact) mass is 297 g/mol. The second kappa shape index (κ2) is 6.43. The minimum Gasteiger partial charge on any atom is -0.481 e. The quantitative estimate of drug-likeness (QED) is 0.903. The van der Waals surface area contributed by atoms with Gasteiger partial charge in [-0.1, -0.05) is 30.3 Å². The van der Waals surface area contributed by atoms with Crippen LogP contribution >= 0.6 is 0 Å². The summed E-state index contributed by atoms with van der Waals surface area (Å²) >= 11 is 0. The molecule has 1 amide bonds. The second-order valence-corrected chi connectivity index (χ2v) is 5.41. The average molecular weight is 297 g/mol. The lowest BCUT2D eigenvalue weighted by Crippen LogP contribution is -2.15. The van der Waals surface area contributed by atoms with Crippen LogP contribution in [-0.2, 0) is 4.79 Å². The first-order valence-electron chi connectivity index (χ1n) is 7.10. The van der Waals surface area contributed by atoms with Crippen molar-refractivity contribution in [1.82, 2.24) is 0 Å². The molecule has 2 N–H and O–H groups in total. The topological polar surface area (TPSA) is 66.4 Å². The molecule has 0 aliphatic heterocycles. The molecule has 4 heteroatoms. The molecule has 22 heavy (non-hydrogen) atoms. The highest BCUT2D eigenvalue weighted by atomic mass is 16.4. The minimum atomic E-state index is -0.910. The predicted octanol–water partition coefficient (Wildman–Crippen LogP) is 3.74. The van der Waals surface area contributed by atoms with E-state index in [1.165, 1.54) is 0 Å². The van der Waals surface area contributed by atoms with Gasteiger partial charge in [0.15, 0.2) is 0 Å². The lowest BCUT2D eigenvalue weighted by atomic mass is 9.99. The van der Waals surface area contributed by atoms with E-state index in [4.69, 9.17) is 5.11 Å². The Balaban J connectivity index is 2.27. The maximum Gasteiger partial charge on any atom is 0.310 e. The van der Waals surface area contributed by atoms with E-state index in [1.807, 2.05) is 32.0 Å². The Labute approximate surface area is 129 Å². The standard InChI is InChI=1S/C18H19NO3/c1-11-6-4-7-12(2)16(11)19-17(20)15-9-5-8-14(10-15)13(3)18(21)22/h4-10,13H,1-3H3,(H,19,20)(H,21,22)/t13-/m1/s1. The number of amides is 1. The molecule has 1 atom stereocenters. The highest BCUT2D eigenvalue weighted by molar-refractivity contribution is 6.05. The Kier molecular flexibility index (Phi) is 4.61. The van der Waals surface area contributed by atoms with Gasteiger partial charge in [-0.15, -0.1) is 0 Å². The zero-order chi connectivity index (χ0) is 16.3. The Bertz CT molecular complexity index is 702. The fraction of sp³-hybridized carbons (Fsp3) is 0.222. The van der Waals surface area contributed by atoms with Crippen LogP contribution in [0.4, 0.5) is 5.69 Å². The van der Waals surface area contributed by atoms with Crippen molar-refractivity contribution in [3.8, 4) is 0 Å². The fourth-order valence-corrected chi connectivity index (χ4v) is 2.29. The maximum absolute atomic E-state index is 12.4. The van der Waals surface area contributed by atoms with Crippen molar-refractivity contribution in [2.24, 2.45) is 0 Å². The van der Waals surface area contributed by atoms with Crippen molar-refractivity contribution in [2.45, 2.75) is 26.7 Å². The van der Waals surface area contributed by atoms with Crippen LogP contribution in [0, 0.1) is 13.8 Å². The highest BCUT2D eigenvalue weighted by Crippen LogP contribution is 2.21. The van der Waals surface area contributed by atoms with Crippen molar-refractivity contribution in [3.63, 3.8) is 0 Å². The van der Waals surface area contributed by atoms with E-state index in [9.17, 15) is 9.59 Å². The molecule has 0 saturated heterocycles. The van der Waals surface area contributed by atoms with Crippen LogP contribution in [0.2, 0.25) is 0 Å². The van der Waals surface area contributed by atoms with Crippen LogP contribution in [0.15, 0.2) is 42.5 Å². The molecule has 4 nitrogen and oxygen atoms in total. The Morgan fingerprint density at radius 2 is 1.64 bits per heavy atom. The third-order valence-electron chi connectivity index (χ3n) is 3.74. The van der Waals surface area contributed by atoms with Gasteiger partial charge in [-0.2, -0.15) is 0 Å². The van der Waals surface area contributed by atoms with E-state index < -0.39 is 11.9 Å². The Morgan fingerprint density at radius 3 is 2.23 bits per heavy atom. The normalized spacial score (nSPS) is 11.8. The first kappa shape index (κ1) is 15.8. The van der Waals surface area contributed by atoms with Gasteiger partial charge < -0.3 is 10.4 Å². The summed E-state index contributed by atoms with van der Waals surface area (Å²) in [5, 5.41) is 12.0. The van der Waals surface area contributed by atoms with E-state index in [-0.39, 0.29) is 5.91 Å². The molecule has 0 aliphatic rings. The van der Waals surface area contributed by atoms with Crippen molar-refractivity contribution in [2.75, 3.05) is 5.32 Å². The largest absolute Gasteiger partial charge is 0.481 e. The van der Waals surface area contributed by atoms with Gasteiger partial charge in [0.05, 0.1) is 5.92 Å². The summed E-state index contributed by atoms with van der Waals surface area (Å²) in [5.74, 6) is -1.79. The van der Waals surface area contributed by atoms with Crippen LogP contribution in [0.5, 0.6) is 0 Å². The maximum atomic E-state index is 12.4. The number of hydrogen-bond donors (Lipinski definition) is 2. The number of carbonyl (C=O) groups is 2. The van der Waals surface area contributed by atoms with Crippen LogP contribution in [0.1, 0.15) is 39.9 Å². The number of nitrogens with one attached hydrogen (secondary N) is 1. The molecule has 0 fully saturated rings. The average Bonchev–Trinajstić information content (AvgIpc) is 2.50. The van der Waals surface area contributed by atoms with E-state index in [1.54, 1.807) is 31.2 Å². The number of anilines is 1. The third-order valence-corrected chi connectivity index (χ3v) is 3.74. The van der Waals surface area contributed by atoms with Gasteiger partial charge in [0, 0.05) is 11.3 Å². The van der Waals surface area contributed by atoms with Crippen LogP contribution < -0.4 is 5.32 Å². The number of benzene rings is 2. The summed E-state index contributed by atoms with van der Waals surface area (Å²) in [6.07, 6.45) is 0. The lowest BCUT2D eigenvalue weighted by molar-refractivity contribution is -0.138. The van der Waals surface area contributed by atoms with Crippen molar-refractivity contribution in [3.05, 3.63) is 64.7 Å². The van der Waals surface area contributed by atoms with Gasteiger partial charge in [0.25, 0.3) is 5.91 Å². The van der Waals surface area contributed by atoms with Crippen molar-refractivity contribution in [1.29, 1.82) is 0 Å². The summed E-state index contributed by atoms with van der Waals surface area (Å²) < 4.78 is 0. The number of aryl methyl sites for hydroxylation is 2. The van der Waals surface area contributed by atoms with Crippen molar-refractivity contribution >= 4 is 17.6 Å². The Hall–Kier alpha value is -2.62. The molecule has 0 heterocycles. The molecule has 114 valence electrons. The molecular weight excluding hydrogens is 278 g/mol. The van der Waals surface area contributed by atoms with Gasteiger partial charge in [-0.05, 0) is 49.6 Å². The van der Waals surface area contributed by atoms with Crippen LogP contribution in [0.25, 0.3) is 0 Å². The molecule has 2 rings (SSSR count). The number of hydrogen-bond acceptors (Lipinski definition) is 2. The first-order chi connectivity index (χ1) is 10.4. The fourth-order valence-electron chi connectivity index (χ4n) is 2.29. The first-order valence-corrected chi connectivity index (χ1v) is 7.10. The number of aliphatic carboxylic acids is 1. The zero-order valence-corrected chi connectivity index (χ0v) is 12.9. The summed E-state index contributed by atoms with van der Waals surface area (Å²) in [7, 11) is 0. The molecule has 0 bridgehead atoms. The lowest BCUT2D eigenvalue weighted by Gasteiger charge is -2.13. The summed E-state index contributed by atoms with van der Waals surface area (Å²) in [6, 6.07) is 12.5. The smallest absolute Gasteiger partial charge is 0.310 e. The molecule has 0 radical (unpaired) electrons. The van der Waals surface area contributed by atoms with Gasteiger partial charge >= 0.3 is 5.97 Å². The Morgan fingerprint density at radius 1 is 1.05 bits per heavy atom. The molecule has 0 aliphatic carbocycles.